The van der Waals surface area contributed by atoms with Crippen molar-refractivity contribution >= 4 is 5.91 Å². The van der Waals surface area contributed by atoms with Gasteiger partial charge in [-0.2, -0.15) is 0 Å². The SMILES string of the molecule is CC1CCCN(CC(O)CN2CCCC2=O)C1. The smallest absolute Gasteiger partial charge is 0.222 e. The van der Waals surface area contributed by atoms with Gasteiger partial charge in [0.2, 0.25) is 5.91 Å². The van der Waals surface area contributed by atoms with Crippen molar-refractivity contribution in [2.75, 3.05) is 32.7 Å². The van der Waals surface area contributed by atoms with E-state index in [9.17, 15) is 9.90 Å². The number of piperidine rings is 1. The summed E-state index contributed by atoms with van der Waals surface area (Å²) < 4.78 is 0. The molecule has 1 amide bonds. The minimum absolute atomic E-state index is 0.205. The topological polar surface area (TPSA) is 43.8 Å². The Kier molecular flexibility index (Phi) is 4.40. The van der Waals surface area contributed by atoms with Crippen LogP contribution in [-0.2, 0) is 4.79 Å². The molecule has 2 heterocycles. The Morgan fingerprint density at radius 1 is 1.35 bits per heavy atom. The number of likely N-dealkylation sites (tertiary alicyclic amines) is 2. The summed E-state index contributed by atoms with van der Waals surface area (Å²) in [5.74, 6) is 0.945. The van der Waals surface area contributed by atoms with Gasteiger partial charge in [0, 0.05) is 32.6 Å². The van der Waals surface area contributed by atoms with Crippen LogP contribution in [0, 0.1) is 5.92 Å². The molecular formula is C13H24N2O2. The van der Waals surface area contributed by atoms with Crippen LogP contribution in [0.4, 0.5) is 0 Å². The van der Waals surface area contributed by atoms with E-state index in [1.165, 1.54) is 12.8 Å². The molecule has 2 aliphatic rings. The monoisotopic (exact) mass is 240 g/mol. The Balaban J connectivity index is 1.72. The highest BCUT2D eigenvalue weighted by atomic mass is 16.3. The van der Waals surface area contributed by atoms with Crippen molar-refractivity contribution in [3.05, 3.63) is 0 Å². The first kappa shape index (κ1) is 12.8. The lowest BCUT2D eigenvalue weighted by atomic mass is 10.00. The number of carbonyl (C=O) groups is 1. The standard InChI is InChI=1S/C13H24N2O2/c1-11-4-2-6-14(8-11)9-12(16)10-15-7-3-5-13(15)17/h11-12,16H,2-10H2,1H3. The molecule has 0 aliphatic carbocycles. The predicted octanol–water partition coefficient (Wildman–Crippen LogP) is 0.702. The van der Waals surface area contributed by atoms with Gasteiger partial charge in [-0.1, -0.05) is 6.92 Å². The van der Waals surface area contributed by atoms with Crippen molar-refractivity contribution in [2.45, 2.75) is 38.7 Å². The highest BCUT2D eigenvalue weighted by Gasteiger charge is 2.24. The van der Waals surface area contributed by atoms with Crippen LogP contribution in [0.5, 0.6) is 0 Å². The van der Waals surface area contributed by atoms with Crippen LogP contribution >= 0.6 is 0 Å². The molecule has 2 unspecified atom stereocenters. The van der Waals surface area contributed by atoms with E-state index >= 15 is 0 Å². The zero-order valence-corrected chi connectivity index (χ0v) is 10.8. The van der Waals surface area contributed by atoms with Crippen molar-refractivity contribution in [2.24, 2.45) is 5.92 Å². The Labute approximate surface area is 104 Å². The summed E-state index contributed by atoms with van der Waals surface area (Å²) in [6.45, 7) is 6.51. The third-order valence-electron chi connectivity index (χ3n) is 3.81. The fourth-order valence-electron chi connectivity index (χ4n) is 2.96. The van der Waals surface area contributed by atoms with Crippen molar-refractivity contribution in [1.82, 2.24) is 9.80 Å². The Morgan fingerprint density at radius 3 is 2.82 bits per heavy atom. The second-order valence-electron chi connectivity index (χ2n) is 5.60. The van der Waals surface area contributed by atoms with Gasteiger partial charge in [-0.25, -0.2) is 0 Å². The maximum Gasteiger partial charge on any atom is 0.222 e. The summed E-state index contributed by atoms with van der Waals surface area (Å²) in [5.41, 5.74) is 0. The fourth-order valence-corrected chi connectivity index (χ4v) is 2.96. The highest BCUT2D eigenvalue weighted by molar-refractivity contribution is 5.78. The first-order valence-electron chi connectivity index (χ1n) is 6.83. The van der Waals surface area contributed by atoms with Crippen molar-refractivity contribution in [3.63, 3.8) is 0 Å². The average molecular weight is 240 g/mol. The fraction of sp³-hybridized carbons (Fsp3) is 0.923. The van der Waals surface area contributed by atoms with Crippen LogP contribution < -0.4 is 0 Å². The van der Waals surface area contributed by atoms with Crippen molar-refractivity contribution < 1.29 is 9.90 Å². The largest absolute Gasteiger partial charge is 0.390 e. The second-order valence-corrected chi connectivity index (χ2v) is 5.60. The van der Waals surface area contributed by atoms with Crippen LogP contribution in [0.3, 0.4) is 0 Å². The summed E-state index contributed by atoms with van der Waals surface area (Å²) in [5, 5.41) is 10.0. The minimum Gasteiger partial charge on any atom is -0.390 e. The Hall–Kier alpha value is -0.610. The maximum atomic E-state index is 11.5. The lowest BCUT2D eigenvalue weighted by Crippen LogP contribution is -2.44. The highest BCUT2D eigenvalue weighted by Crippen LogP contribution is 2.16. The molecule has 0 spiro atoms. The number of aliphatic hydroxyl groups excluding tert-OH is 1. The number of rotatable bonds is 4. The lowest BCUT2D eigenvalue weighted by Gasteiger charge is -2.33. The first-order chi connectivity index (χ1) is 8.15. The van der Waals surface area contributed by atoms with Crippen LogP contribution in [0.25, 0.3) is 0 Å². The molecule has 0 bridgehead atoms. The predicted molar refractivity (Wildman–Crippen MR) is 66.7 cm³/mol. The van der Waals surface area contributed by atoms with Gasteiger partial charge in [0.1, 0.15) is 0 Å². The van der Waals surface area contributed by atoms with Gasteiger partial charge in [-0.05, 0) is 31.7 Å². The third kappa shape index (κ3) is 3.68. The number of amides is 1. The molecule has 2 saturated heterocycles. The molecular weight excluding hydrogens is 216 g/mol. The molecule has 4 heteroatoms. The molecule has 0 aromatic carbocycles. The molecule has 0 radical (unpaired) electrons. The zero-order chi connectivity index (χ0) is 12.3. The van der Waals surface area contributed by atoms with Crippen LogP contribution in [0.15, 0.2) is 0 Å². The third-order valence-corrected chi connectivity index (χ3v) is 3.81. The quantitative estimate of drug-likeness (QED) is 0.787. The van der Waals surface area contributed by atoms with Gasteiger partial charge in [0.05, 0.1) is 6.10 Å². The molecule has 2 fully saturated rings. The summed E-state index contributed by atoms with van der Waals surface area (Å²) in [4.78, 5) is 15.6. The van der Waals surface area contributed by atoms with Crippen LogP contribution in [-0.4, -0.2) is 59.6 Å². The normalized spacial score (nSPS) is 28.7. The minimum atomic E-state index is -0.387. The van der Waals surface area contributed by atoms with E-state index in [4.69, 9.17) is 0 Å². The zero-order valence-electron chi connectivity index (χ0n) is 10.8. The molecule has 4 nitrogen and oxygen atoms in total. The molecule has 1 N–H and O–H groups in total. The molecule has 0 saturated carbocycles. The van der Waals surface area contributed by atoms with E-state index in [1.807, 2.05) is 0 Å². The molecule has 98 valence electrons. The molecule has 2 rings (SSSR count). The maximum absolute atomic E-state index is 11.5. The van der Waals surface area contributed by atoms with E-state index in [2.05, 4.69) is 11.8 Å². The van der Waals surface area contributed by atoms with Gasteiger partial charge in [0.15, 0.2) is 0 Å². The van der Waals surface area contributed by atoms with Crippen LogP contribution in [0.2, 0.25) is 0 Å². The van der Waals surface area contributed by atoms with E-state index in [0.717, 1.165) is 32.0 Å². The molecule has 2 aliphatic heterocycles. The van der Waals surface area contributed by atoms with Gasteiger partial charge in [0.25, 0.3) is 0 Å². The second kappa shape index (κ2) is 5.83. The molecule has 0 aromatic heterocycles. The molecule has 17 heavy (non-hydrogen) atoms. The lowest BCUT2D eigenvalue weighted by molar-refractivity contribution is -0.129. The number of nitrogens with zero attached hydrogens (tertiary/aromatic N) is 2. The van der Waals surface area contributed by atoms with Crippen molar-refractivity contribution in [3.8, 4) is 0 Å². The first-order valence-corrected chi connectivity index (χ1v) is 6.83. The summed E-state index contributed by atoms with van der Waals surface area (Å²) in [7, 11) is 0. The molecule has 2 atom stereocenters. The van der Waals surface area contributed by atoms with Gasteiger partial charge in [-0.15, -0.1) is 0 Å². The van der Waals surface area contributed by atoms with E-state index < -0.39 is 0 Å². The van der Waals surface area contributed by atoms with E-state index in [1.54, 1.807) is 4.90 Å². The summed E-state index contributed by atoms with van der Waals surface area (Å²) in [6.07, 6.45) is 3.76. The average Bonchev–Trinajstić information content (AvgIpc) is 2.64. The van der Waals surface area contributed by atoms with Gasteiger partial charge in [-0.3, -0.25) is 4.79 Å². The van der Waals surface area contributed by atoms with E-state index in [0.29, 0.717) is 19.5 Å². The number of β-amino-alcohol motifs (C(OH)–C–C–N with tert-alkyl or cyclic N) is 1. The van der Waals surface area contributed by atoms with Crippen LogP contribution in [0.1, 0.15) is 32.6 Å². The Morgan fingerprint density at radius 2 is 2.18 bits per heavy atom. The Bertz CT molecular complexity index is 270. The number of aliphatic hydroxyl groups is 1. The summed E-state index contributed by atoms with van der Waals surface area (Å²) >= 11 is 0. The number of hydrogen-bond acceptors (Lipinski definition) is 3. The van der Waals surface area contributed by atoms with E-state index in [-0.39, 0.29) is 12.0 Å². The summed E-state index contributed by atoms with van der Waals surface area (Å²) in [6, 6.07) is 0. The number of hydrogen-bond donors (Lipinski definition) is 1. The van der Waals surface area contributed by atoms with Gasteiger partial charge >= 0.3 is 0 Å². The number of carbonyl (C=O) groups excluding carboxylic acids is 1. The molecule has 0 aromatic rings. The van der Waals surface area contributed by atoms with Crippen molar-refractivity contribution in [1.29, 1.82) is 0 Å². The van der Waals surface area contributed by atoms with Gasteiger partial charge < -0.3 is 14.9 Å².